The SMILES string of the molecule is O=C1CN(C(=O)c2ccc3ccccc3c2)CCN1Cn1cc2ccccc2n1. The Kier molecular flexibility index (Phi) is 4.24. The van der Waals surface area contributed by atoms with Gasteiger partial charge in [0.2, 0.25) is 5.91 Å². The molecule has 1 fully saturated rings. The van der Waals surface area contributed by atoms with Crippen LogP contribution in [0, 0.1) is 0 Å². The van der Waals surface area contributed by atoms with Gasteiger partial charge in [-0.05, 0) is 29.0 Å². The normalized spacial score (nSPS) is 14.7. The number of fused-ring (bicyclic) bond motifs is 2. The van der Waals surface area contributed by atoms with Crippen molar-refractivity contribution in [2.75, 3.05) is 19.6 Å². The molecule has 0 spiro atoms. The van der Waals surface area contributed by atoms with E-state index < -0.39 is 0 Å². The van der Waals surface area contributed by atoms with Crippen molar-refractivity contribution in [2.45, 2.75) is 6.67 Å². The molecule has 1 aromatic heterocycles. The Morgan fingerprint density at radius 3 is 2.45 bits per heavy atom. The van der Waals surface area contributed by atoms with Crippen molar-refractivity contribution in [3.8, 4) is 0 Å². The first-order valence-electron chi connectivity index (χ1n) is 9.65. The second-order valence-corrected chi connectivity index (χ2v) is 7.31. The number of carbonyl (C=O) groups excluding carboxylic acids is 2. The number of nitrogens with zero attached hydrogens (tertiary/aromatic N) is 4. The van der Waals surface area contributed by atoms with Gasteiger partial charge in [-0.3, -0.25) is 14.3 Å². The van der Waals surface area contributed by atoms with Crippen LogP contribution in [0.1, 0.15) is 10.4 Å². The Labute approximate surface area is 167 Å². The molecule has 144 valence electrons. The molecule has 1 aliphatic rings. The van der Waals surface area contributed by atoms with Crippen molar-refractivity contribution in [3.63, 3.8) is 0 Å². The smallest absolute Gasteiger partial charge is 0.254 e. The zero-order valence-corrected chi connectivity index (χ0v) is 15.9. The Bertz CT molecular complexity index is 1200. The van der Waals surface area contributed by atoms with Crippen LogP contribution >= 0.6 is 0 Å². The zero-order chi connectivity index (χ0) is 19.8. The van der Waals surface area contributed by atoms with Crippen LogP contribution in [0.5, 0.6) is 0 Å². The van der Waals surface area contributed by atoms with E-state index in [1.807, 2.05) is 72.9 Å². The number of amides is 2. The number of piperazine rings is 1. The largest absolute Gasteiger partial charge is 0.328 e. The predicted molar refractivity (Wildman–Crippen MR) is 111 cm³/mol. The minimum Gasteiger partial charge on any atom is -0.328 e. The third kappa shape index (κ3) is 3.33. The van der Waals surface area contributed by atoms with Gasteiger partial charge in [0, 0.05) is 30.2 Å². The summed E-state index contributed by atoms with van der Waals surface area (Å²) in [6.07, 6.45) is 1.94. The van der Waals surface area contributed by atoms with Crippen molar-refractivity contribution < 1.29 is 9.59 Å². The highest BCUT2D eigenvalue weighted by Crippen LogP contribution is 2.18. The quantitative estimate of drug-likeness (QED) is 0.545. The molecule has 0 radical (unpaired) electrons. The molecule has 1 aliphatic heterocycles. The van der Waals surface area contributed by atoms with Gasteiger partial charge in [-0.2, -0.15) is 5.10 Å². The van der Waals surface area contributed by atoms with Crippen LogP contribution < -0.4 is 0 Å². The first-order chi connectivity index (χ1) is 14.2. The maximum atomic E-state index is 12.9. The van der Waals surface area contributed by atoms with Gasteiger partial charge >= 0.3 is 0 Å². The number of aromatic nitrogens is 2. The molecule has 6 nitrogen and oxygen atoms in total. The van der Waals surface area contributed by atoms with E-state index in [-0.39, 0.29) is 18.4 Å². The fourth-order valence-corrected chi connectivity index (χ4v) is 3.80. The van der Waals surface area contributed by atoms with E-state index in [2.05, 4.69) is 5.10 Å². The first kappa shape index (κ1) is 17.4. The van der Waals surface area contributed by atoms with E-state index in [9.17, 15) is 9.59 Å². The Morgan fingerprint density at radius 1 is 0.897 bits per heavy atom. The van der Waals surface area contributed by atoms with E-state index in [1.54, 1.807) is 14.5 Å². The third-order valence-electron chi connectivity index (χ3n) is 5.38. The van der Waals surface area contributed by atoms with Crippen molar-refractivity contribution in [2.24, 2.45) is 0 Å². The topological polar surface area (TPSA) is 58.4 Å². The van der Waals surface area contributed by atoms with Crippen molar-refractivity contribution in [1.82, 2.24) is 19.6 Å². The highest BCUT2D eigenvalue weighted by atomic mass is 16.2. The molecule has 0 saturated carbocycles. The summed E-state index contributed by atoms with van der Waals surface area (Å²) < 4.78 is 1.78. The molecule has 2 amide bonds. The van der Waals surface area contributed by atoms with Crippen LogP contribution in [-0.2, 0) is 11.5 Å². The van der Waals surface area contributed by atoms with Crippen molar-refractivity contribution in [3.05, 3.63) is 78.5 Å². The second kappa shape index (κ2) is 7.05. The molecule has 2 heterocycles. The van der Waals surface area contributed by atoms with E-state index >= 15 is 0 Å². The lowest BCUT2D eigenvalue weighted by Gasteiger charge is -2.34. The highest BCUT2D eigenvalue weighted by molar-refractivity contribution is 6.00. The van der Waals surface area contributed by atoms with E-state index in [0.717, 1.165) is 21.7 Å². The highest BCUT2D eigenvalue weighted by Gasteiger charge is 2.28. The fourth-order valence-electron chi connectivity index (χ4n) is 3.80. The number of carbonyl (C=O) groups is 2. The molecule has 0 bridgehead atoms. The van der Waals surface area contributed by atoms with Crippen LogP contribution in [0.15, 0.2) is 72.9 Å². The summed E-state index contributed by atoms with van der Waals surface area (Å²) in [6, 6.07) is 21.5. The summed E-state index contributed by atoms with van der Waals surface area (Å²) in [7, 11) is 0. The maximum absolute atomic E-state index is 12.9. The minimum absolute atomic E-state index is 0.0649. The van der Waals surface area contributed by atoms with Crippen LogP contribution in [-0.4, -0.2) is 51.0 Å². The minimum atomic E-state index is -0.103. The lowest BCUT2D eigenvalue weighted by molar-refractivity contribution is -0.137. The number of hydrogen-bond donors (Lipinski definition) is 0. The molecule has 29 heavy (non-hydrogen) atoms. The van der Waals surface area contributed by atoms with E-state index in [0.29, 0.717) is 25.3 Å². The predicted octanol–water partition coefficient (Wildman–Crippen LogP) is 3.13. The zero-order valence-electron chi connectivity index (χ0n) is 15.9. The summed E-state index contributed by atoms with van der Waals surface area (Å²) in [4.78, 5) is 28.9. The van der Waals surface area contributed by atoms with Crippen LogP contribution in [0.3, 0.4) is 0 Å². The van der Waals surface area contributed by atoms with Crippen LogP contribution in [0.4, 0.5) is 0 Å². The summed E-state index contributed by atoms with van der Waals surface area (Å²) in [5, 5.41) is 7.68. The summed E-state index contributed by atoms with van der Waals surface area (Å²) >= 11 is 0. The Hall–Kier alpha value is -3.67. The van der Waals surface area contributed by atoms with Crippen molar-refractivity contribution in [1.29, 1.82) is 0 Å². The van der Waals surface area contributed by atoms with Gasteiger partial charge in [0.05, 0.1) is 5.52 Å². The van der Waals surface area contributed by atoms with E-state index in [1.165, 1.54) is 0 Å². The third-order valence-corrected chi connectivity index (χ3v) is 5.38. The Balaban J connectivity index is 1.28. The number of hydrogen-bond acceptors (Lipinski definition) is 3. The number of benzene rings is 3. The lowest BCUT2D eigenvalue weighted by atomic mass is 10.1. The summed E-state index contributed by atoms with van der Waals surface area (Å²) in [5.41, 5.74) is 1.52. The average Bonchev–Trinajstić information content (AvgIpc) is 3.17. The lowest BCUT2D eigenvalue weighted by Crippen LogP contribution is -2.52. The van der Waals surface area contributed by atoms with Gasteiger partial charge in [0.15, 0.2) is 0 Å². The molecular weight excluding hydrogens is 364 g/mol. The van der Waals surface area contributed by atoms with Gasteiger partial charge in [-0.15, -0.1) is 0 Å². The molecule has 0 N–H and O–H groups in total. The Morgan fingerprint density at radius 2 is 1.66 bits per heavy atom. The van der Waals surface area contributed by atoms with Gasteiger partial charge < -0.3 is 9.80 Å². The van der Waals surface area contributed by atoms with Crippen LogP contribution in [0.2, 0.25) is 0 Å². The standard InChI is InChI=1S/C23H20N4O2/c28-22-15-25(23(29)19-10-9-17-5-1-2-6-18(17)13-19)11-12-26(22)16-27-14-20-7-3-4-8-21(20)24-27/h1-10,13-14H,11-12,15-16H2. The maximum Gasteiger partial charge on any atom is 0.254 e. The van der Waals surface area contributed by atoms with Gasteiger partial charge in [-0.1, -0.05) is 48.5 Å². The van der Waals surface area contributed by atoms with Crippen molar-refractivity contribution >= 4 is 33.5 Å². The second-order valence-electron chi connectivity index (χ2n) is 7.31. The molecule has 4 aromatic rings. The molecule has 0 atom stereocenters. The first-order valence-corrected chi connectivity index (χ1v) is 9.65. The van der Waals surface area contributed by atoms with Gasteiger partial charge in [-0.25, -0.2) is 0 Å². The molecule has 6 heteroatoms. The molecule has 5 rings (SSSR count). The molecule has 3 aromatic carbocycles. The number of rotatable bonds is 3. The molecular formula is C23H20N4O2. The molecule has 1 saturated heterocycles. The monoisotopic (exact) mass is 384 g/mol. The fraction of sp³-hybridized carbons (Fsp3) is 0.174. The molecule has 0 aliphatic carbocycles. The van der Waals surface area contributed by atoms with Crippen LogP contribution in [0.25, 0.3) is 21.7 Å². The van der Waals surface area contributed by atoms with Gasteiger partial charge in [0.1, 0.15) is 13.2 Å². The molecule has 0 unspecified atom stereocenters. The van der Waals surface area contributed by atoms with E-state index in [4.69, 9.17) is 0 Å². The summed E-state index contributed by atoms with van der Waals surface area (Å²) in [6.45, 7) is 1.49. The summed E-state index contributed by atoms with van der Waals surface area (Å²) in [5.74, 6) is -0.168. The average molecular weight is 384 g/mol. The van der Waals surface area contributed by atoms with Gasteiger partial charge in [0.25, 0.3) is 5.91 Å².